The number of anilines is 1. The molecule has 0 aliphatic heterocycles. The second-order valence-electron chi connectivity index (χ2n) is 7.18. The van der Waals surface area contributed by atoms with Gasteiger partial charge in [-0.25, -0.2) is 14.8 Å². The highest BCUT2D eigenvalue weighted by atomic mass is 32.2. The van der Waals surface area contributed by atoms with Gasteiger partial charge in [-0.15, -0.1) is 23.5 Å². The lowest BCUT2D eigenvalue weighted by Gasteiger charge is -2.13. The molecule has 0 fully saturated rings. The molecule has 0 spiro atoms. The van der Waals surface area contributed by atoms with Gasteiger partial charge in [-0.3, -0.25) is 4.79 Å². The lowest BCUT2D eigenvalue weighted by Crippen LogP contribution is -2.13. The van der Waals surface area contributed by atoms with E-state index in [1.165, 1.54) is 30.6 Å². The van der Waals surface area contributed by atoms with Gasteiger partial charge in [0.05, 0.1) is 12.8 Å². The van der Waals surface area contributed by atoms with Crippen LogP contribution in [0.1, 0.15) is 41.7 Å². The van der Waals surface area contributed by atoms with Gasteiger partial charge in [0.2, 0.25) is 5.91 Å². The number of unbranched alkanes of at least 4 members (excludes halogenated alkanes) is 2. The highest BCUT2D eigenvalue weighted by Gasteiger charge is 2.16. The number of hydrogen-bond donors (Lipinski definition) is 1. The molecule has 0 atom stereocenters. The van der Waals surface area contributed by atoms with Gasteiger partial charge in [-0.1, -0.05) is 24.2 Å². The normalized spacial score (nSPS) is 11.0. The SMILES string of the molecule is COC(=O)c1cccc2nc(SCCCCCC(=O)Nc3c(SC)cc(C)nc3SC)oc12. The van der Waals surface area contributed by atoms with Crippen molar-refractivity contribution in [3.05, 3.63) is 35.5 Å². The van der Waals surface area contributed by atoms with Crippen molar-refractivity contribution in [3.63, 3.8) is 0 Å². The number of carbonyl (C=O) groups excluding carboxylic acids is 2. The van der Waals surface area contributed by atoms with Crippen molar-refractivity contribution in [3.8, 4) is 0 Å². The summed E-state index contributed by atoms with van der Waals surface area (Å²) in [4.78, 5) is 34.3. The van der Waals surface area contributed by atoms with Crippen LogP contribution in [0.2, 0.25) is 0 Å². The molecule has 2 aromatic heterocycles. The summed E-state index contributed by atoms with van der Waals surface area (Å²) in [6.45, 7) is 1.96. The monoisotopic (exact) mass is 505 g/mol. The summed E-state index contributed by atoms with van der Waals surface area (Å²) in [5.41, 5.74) is 3.21. The predicted octanol–water partition coefficient (Wildman–Crippen LogP) is 6.05. The van der Waals surface area contributed by atoms with Gasteiger partial charge in [0, 0.05) is 22.8 Å². The largest absolute Gasteiger partial charge is 0.465 e. The first-order valence-corrected chi connectivity index (χ1v) is 13.9. The summed E-state index contributed by atoms with van der Waals surface area (Å²) in [5, 5.41) is 4.42. The third-order valence-corrected chi connectivity index (χ3v) is 7.19. The Hall–Kier alpha value is -2.17. The number of hydrogen-bond acceptors (Lipinski definition) is 9. The predicted molar refractivity (Wildman–Crippen MR) is 136 cm³/mol. The maximum absolute atomic E-state index is 12.5. The Labute approximate surface area is 206 Å². The molecule has 176 valence electrons. The van der Waals surface area contributed by atoms with Crippen LogP contribution in [-0.4, -0.2) is 47.2 Å². The molecule has 2 heterocycles. The van der Waals surface area contributed by atoms with E-state index >= 15 is 0 Å². The number of esters is 1. The molecular formula is C23H27N3O4S3. The van der Waals surface area contributed by atoms with E-state index < -0.39 is 5.97 Å². The number of amides is 1. The fourth-order valence-corrected chi connectivity index (χ4v) is 5.36. The average molecular weight is 506 g/mol. The van der Waals surface area contributed by atoms with Gasteiger partial charge in [-0.2, -0.15) is 0 Å². The number of rotatable bonds is 11. The van der Waals surface area contributed by atoms with Crippen LogP contribution >= 0.6 is 35.3 Å². The number of ether oxygens (including phenoxy) is 1. The summed E-state index contributed by atoms with van der Waals surface area (Å²) in [6, 6.07) is 7.23. The van der Waals surface area contributed by atoms with Crippen molar-refractivity contribution in [1.29, 1.82) is 0 Å². The zero-order valence-electron chi connectivity index (χ0n) is 19.1. The number of benzene rings is 1. The summed E-state index contributed by atoms with van der Waals surface area (Å²) in [7, 11) is 1.34. The number of fused-ring (bicyclic) bond motifs is 1. The van der Waals surface area contributed by atoms with Crippen LogP contribution in [0.4, 0.5) is 5.69 Å². The van der Waals surface area contributed by atoms with Crippen molar-refractivity contribution in [2.24, 2.45) is 0 Å². The van der Waals surface area contributed by atoms with E-state index in [-0.39, 0.29) is 5.91 Å². The zero-order chi connectivity index (χ0) is 23.8. The van der Waals surface area contributed by atoms with Crippen molar-refractivity contribution < 1.29 is 18.7 Å². The van der Waals surface area contributed by atoms with Gasteiger partial charge >= 0.3 is 5.97 Å². The maximum atomic E-state index is 12.5. The van der Waals surface area contributed by atoms with Gasteiger partial charge in [0.1, 0.15) is 16.1 Å². The molecule has 3 aromatic rings. The zero-order valence-corrected chi connectivity index (χ0v) is 21.5. The van der Waals surface area contributed by atoms with Crippen LogP contribution in [-0.2, 0) is 9.53 Å². The summed E-state index contributed by atoms with van der Waals surface area (Å²) in [5.74, 6) is 0.382. The number of para-hydroxylation sites is 1. The first kappa shape index (κ1) is 25.5. The standard InChI is InChI=1S/C23H27N3O4S3/c1-14-13-17(31-3)19(21(24-14)32-4)26-18(27)11-6-5-7-12-33-23-25-16-10-8-9-15(20(16)30-23)22(28)29-2/h8-10,13H,5-7,11-12H2,1-4H3,(H,26,27). The molecule has 0 aliphatic rings. The first-order chi connectivity index (χ1) is 16.0. The minimum absolute atomic E-state index is 0.00759. The Morgan fingerprint density at radius 3 is 2.67 bits per heavy atom. The molecule has 1 N–H and O–H groups in total. The number of pyridine rings is 1. The number of thioether (sulfide) groups is 3. The number of nitrogens with one attached hydrogen (secondary N) is 1. The summed E-state index contributed by atoms with van der Waals surface area (Å²) >= 11 is 4.65. The number of aryl methyl sites for hydroxylation is 1. The van der Waals surface area contributed by atoms with Crippen molar-refractivity contribution in [1.82, 2.24) is 9.97 Å². The van der Waals surface area contributed by atoms with Crippen LogP contribution in [0.15, 0.2) is 43.8 Å². The average Bonchev–Trinajstić information content (AvgIpc) is 3.24. The maximum Gasteiger partial charge on any atom is 0.341 e. The van der Waals surface area contributed by atoms with Crippen molar-refractivity contribution >= 4 is 63.9 Å². The van der Waals surface area contributed by atoms with Crippen LogP contribution < -0.4 is 5.32 Å². The van der Waals surface area contributed by atoms with Crippen LogP contribution in [0.5, 0.6) is 0 Å². The fraction of sp³-hybridized carbons (Fsp3) is 0.391. The van der Waals surface area contributed by atoms with Crippen LogP contribution in [0, 0.1) is 6.92 Å². The second kappa shape index (κ2) is 12.3. The molecule has 3 rings (SSSR count). The van der Waals surface area contributed by atoms with Gasteiger partial charge in [0.25, 0.3) is 5.22 Å². The van der Waals surface area contributed by atoms with E-state index in [0.717, 1.165) is 46.3 Å². The molecule has 1 aromatic carbocycles. The number of carbonyl (C=O) groups is 2. The van der Waals surface area contributed by atoms with E-state index in [0.29, 0.717) is 28.3 Å². The van der Waals surface area contributed by atoms with Gasteiger partial charge < -0.3 is 14.5 Å². The summed E-state index contributed by atoms with van der Waals surface area (Å²) < 4.78 is 10.6. The molecule has 0 saturated heterocycles. The van der Waals surface area contributed by atoms with E-state index in [9.17, 15) is 9.59 Å². The van der Waals surface area contributed by atoms with Crippen LogP contribution in [0.25, 0.3) is 11.1 Å². The Morgan fingerprint density at radius 1 is 1.12 bits per heavy atom. The number of oxazole rings is 1. The van der Waals surface area contributed by atoms with E-state index in [1.807, 2.05) is 31.6 Å². The molecule has 33 heavy (non-hydrogen) atoms. The third-order valence-electron chi connectivity index (χ3n) is 4.83. The smallest absolute Gasteiger partial charge is 0.341 e. The van der Waals surface area contributed by atoms with Crippen LogP contribution in [0.3, 0.4) is 0 Å². The molecule has 1 amide bonds. The minimum atomic E-state index is -0.442. The quantitative estimate of drug-likeness (QED) is 0.190. The fourth-order valence-electron chi connectivity index (χ4n) is 3.23. The number of nitrogens with zero attached hydrogens (tertiary/aromatic N) is 2. The third kappa shape index (κ3) is 6.68. The molecule has 0 aliphatic carbocycles. The topological polar surface area (TPSA) is 94.3 Å². The lowest BCUT2D eigenvalue weighted by molar-refractivity contribution is -0.116. The van der Waals surface area contributed by atoms with E-state index in [4.69, 9.17) is 9.15 Å². The highest BCUT2D eigenvalue weighted by Crippen LogP contribution is 2.34. The molecule has 0 bridgehead atoms. The van der Waals surface area contributed by atoms with E-state index in [1.54, 1.807) is 23.9 Å². The number of methoxy groups -OCH3 is 1. The Balaban J connectivity index is 1.44. The highest BCUT2D eigenvalue weighted by molar-refractivity contribution is 7.99. The molecule has 0 unspecified atom stereocenters. The van der Waals surface area contributed by atoms with Crippen molar-refractivity contribution in [2.45, 2.75) is 47.8 Å². The second-order valence-corrected chi connectivity index (χ2v) is 9.87. The Bertz CT molecular complexity index is 1110. The van der Waals surface area contributed by atoms with Gasteiger partial charge in [-0.05, 0) is 50.5 Å². The molecule has 7 nitrogen and oxygen atoms in total. The first-order valence-electron chi connectivity index (χ1n) is 10.5. The lowest BCUT2D eigenvalue weighted by atomic mass is 10.2. The Morgan fingerprint density at radius 2 is 1.94 bits per heavy atom. The van der Waals surface area contributed by atoms with Gasteiger partial charge in [0.15, 0.2) is 5.58 Å². The molecule has 0 radical (unpaired) electrons. The molecular weight excluding hydrogens is 478 g/mol. The summed E-state index contributed by atoms with van der Waals surface area (Å²) in [6.07, 6.45) is 7.08. The molecule has 0 saturated carbocycles. The molecule has 10 heteroatoms. The number of aromatic nitrogens is 2. The minimum Gasteiger partial charge on any atom is -0.465 e. The Kier molecular flexibility index (Phi) is 9.52. The van der Waals surface area contributed by atoms with Crippen molar-refractivity contribution in [2.75, 3.05) is 30.7 Å². The van der Waals surface area contributed by atoms with E-state index in [2.05, 4.69) is 15.3 Å².